The lowest BCUT2D eigenvalue weighted by atomic mass is 10.0. The third-order valence-corrected chi connectivity index (χ3v) is 6.91. The van der Waals surface area contributed by atoms with Crippen LogP contribution in [0.4, 0.5) is 0 Å². The SMILES string of the molecule is CC(=O)O[C@@H]1[C@@H](OC(C)=O)[C@H](Oc2cc3ccccc3cc2O[C@@H]2OC[C@@H](OC(C)=O)[C@H](OC(C)=O)[C@H]2OC(C)=O)OC[C@H]1OC(C)=O. The molecule has 0 bridgehead atoms. The number of carbonyl (C=O) groups excluding carboxylic acids is 6. The van der Waals surface area contributed by atoms with Gasteiger partial charge in [-0.25, -0.2) is 0 Å². The Kier molecular flexibility index (Phi) is 11.8. The van der Waals surface area contributed by atoms with E-state index in [1.54, 1.807) is 36.4 Å². The zero-order chi connectivity index (χ0) is 35.1. The fourth-order valence-electron chi connectivity index (χ4n) is 5.25. The second-order valence-electron chi connectivity index (χ2n) is 10.9. The first kappa shape index (κ1) is 35.9. The lowest BCUT2D eigenvalue weighted by Crippen LogP contribution is -2.59. The van der Waals surface area contributed by atoms with Crippen LogP contribution in [0.15, 0.2) is 36.4 Å². The summed E-state index contributed by atoms with van der Waals surface area (Å²) in [7, 11) is 0. The number of benzene rings is 2. The van der Waals surface area contributed by atoms with Crippen molar-refractivity contribution in [3.63, 3.8) is 0 Å². The highest BCUT2D eigenvalue weighted by Crippen LogP contribution is 2.38. The second-order valence-corrected chi connectivity index (χ2v) is 10.9. The molecule has 0 N–H and O–H groups in total. The van der Waals surface area contributed by atoms with E-state index in [4.69, 9.17) is 47.4 Å². The normalized spacial score (nSPS) is 26.7. The van der Waals surface area contributed by atoms with Crippen LogP contribution in [0.25, 0.3) is 10.8 Å². The summed E-state index contributed by atoms with van der Waals surface area (Å²) in [5, 5.41) is 1.37. The number of ether oxygens (including phenoxy) is 10. The van der Waals surface area contributed by atoms with Gasteiger partial charge in [-0.05, 0) is 22.9 Å². The van der Waals surface area contributed by atoms with Crippen molar-refractivity contribution in [2.24, 2.45) is 0 Å². The first-order chi connectivity index (χ1) is 22.7. The van der Waals surface area contributed by atoms with Gasteiger partial charge in [0.25, 0.3) is 0 Å². The van der Waals surface area contributed by atoms with Crippen molar-refractivity contribution >= 4 is 46.6 Å². The minimum Gasteiger partial charge on any atom is -0.457 e. The number of fused-ring (bicyclic) bond motifs is 1. The smallest absolute Gasteiger partial charge is 0.303 e. The Balaban J connectivity index is 1.73. The second kappa shape index (κ2) is 15.8. The molecule has 16 heteroatoms. The zero-order valence-electron chi connectivity index (χ0n) is 27.0. The quantitative estimate of drug-likeness (QED) is 0.261. The molecule has 2 saturated heterocycles. The van der Waals surface area contributed by atoms with Crippen molar-refractivity contribution in [1.29, 1.82) is 0 Å². The molecule has 0 radical (unpaired) electrons. The van der Waals surface area contributed by atoms with Gasteiger partial charge in [-0.2, -0.15) is 0 Å². The molecule has 2 aliphatic rings. The Morgan fingerprint density at radius 2 is 0.812 bits per heavy atom. The van der Waals surface area contributed by atoms with Crippen LogP contribution in [0.1, 0.15) is 41.5 Å². The fraction of sp³-hybridized carbons (Fsp3) is 0.500. The lowest BCUT2D eigenvalue weighted by Gasteiger charge is -2.41. The summed E-state index contributed by atoms with van der Waals surface area (Å²) in [5.74, 6) is -4.39. The van der Waals surface area contributed by atoms with Crippen LogP contribution in [0, 0.1) is 0 Å². The fourth-order valence-corrected chi connectivity index (χ4v) is 5.25. The van der Waals surface area contributed by atoms with Gasteiger partial charge in [0.15, 0.2) is 35.9 Å². The molecule has 2 aliphatic heterocycles. The van der Waals surface area contributed by atoms with Gasteiger partial charge in [0.05, 0.1) is 13.2 Å². The van der Waals surface area contributed by atoms with E-state index in [-0.39, 0.29) is 24.7 Å². The van der Waals surface area contributed by atoms with Crippen LogP contribution in [0.5, 0.6) is 11.5 Å². The van der Waals surface area contributed by atoms with Crippen LogP contribution >= 0.6 is 0 Å². The molecular weight excluding hydrogens is 640 g/mol. The Labute approximate surface area is 274 Å². The van der Waals surface area contributed by atoms with Gasteiger partial charge in [0.1, 0.15) is 0 Å². The minimum absolute atomic E-state index is 0.0136. The first-order valence-corrected chi connectivity index (χ1v) is 14.8. The number of esters is 6. The topological polar surface area (TPSA) is 195 Å². The van der Waals surface area contributed by atoms with Crippen molar-refractivity contribution in [3.8, 4) is 11.5 Å². The van der Waals surface area contributed by atoms with Gasteiger partial charge < -0.3 is 47.4 Å². The Morgan fingerprint density at radius 1 is 0.500 bits per heavy atom. The summed E-state index contributed by atoms with van der Waals surface area (Å²) < 4.78 is 56.4. The Bertz CT molecular complexity index is 1420. The van der Waals surface area contributed by atoms with Crippen molar-refractivity contribution in [3.05, 3.63) is 36.4 Å². The minimum atomic E-state index is -1.42. The summed E-state index contributed by atoms with van der Waals surface area (Å²) in [6.07, 6.45) is -10.6. The van der Waals surface area contributed by atoms with Crippen LogP contribution in [0.3, 0.4) is 0 Å². The average molecular weight is 677 g/mol. The summed E-state index contributed by atoms with van der Waals surface area (Å²) in [6.45, 7) is 6.23. The molecule has 0 spiro atoms. The molecule has 2 aromatic rings. The third kappa shape index (κ3) is 9.32. The molecule has 260 valence electrons. The molecule has 48 heavy (non-hydrogen) atoms. The van der Waals surface area contributed by atoms with Crippen molar-refractivity contribution in [2.75, 3.05) is 13.2 Å². The van der Waals surface area contributed by atoms with E-state index in [0.717, 1.165) is 41.5 Å². The van der Waals surface area contributed by atoms with Crippen LogP contribution < -0.4 is 9.47 Å². The highest BCUT2D eigenvalue weighted by molar-refractivity contribution is 5.86. The number of rotatable bonds is 10. The monoisotopic (exact) mass is 676 g/mol. The van der Waals surface area contributed by atoms with Crippen LogP contribution in [0.2, 0.25) is 0 Å². The molecule has 8 atom stereocenters. The van der Waals surface area contributed by atoms with E-state index >= 15 is 0 Å². The predicted molar refractivity (Wildman–Crippen MR) is 158 cm³/mol. The highest BCUT2D eigenvalue weighted by Gasteiger charge is 2.50. The van der Waals surface area contributed by atoms with Gasteiger partial charge in [0.2, 0.25) is 24.8 Å². The van der Waals surface area contributed by atoms with Gasteiger partial charge in [-0.1, -0.05) is 24.3 Å². The molecule has 4 rings (SSSR count). The molecule has 0 aliphatic carbocycles. The maximum Gasteiger partial charge on any atom is 0.303 e. The molecule has 0 unspecified atom stereocenters. The number of carbonyl (C=O) groups is 6. The Morgan fingerprint density at radius 3 is 1.12 bits per heavy atom. The first-order valence-electron chi connectivity index (χ1n) is 14.8. The van der Waals surface area contributed by atoms with E-state index in [9.17, 15) is 28.8 Å². The lowest BCUT2D eigenvalue weighted by molar-refractivity contribution is -0.264. The maximum atomic E-state index is 12.2. The van der Waals surface area contributed by atoms with E-state index < -0.39 is 85.0 Å². The van der Waals surface area contributed by atoms with Gasteiger partial charge in [-0.3, -0.25) is 28.8 Å². The number of hydrogen-bond acceptors (Lipinski definition) is 16. The summed E-state index contributed by atoms with van der Waals surface area (Å²) in [6, 6.07) is 10.3. The molecule has 0 amide bonds. The molecule has 0 aromatic heterocycles. The van der Waals surface area contributed by atoms with E-state index in [2.05, 4.69) is 0 Å². The van der Waals surface area contributed by atoms with E-state index in [1.165, 1.54) is 0 Å². The molecule has 0 saturated carbocycles. The van der Waals surface area contributed by atoms with E-state index in [0.29, 0.717) is 10.8 Å². The van der Waals surface area contributed by atoms with Gasteiger partial charge in [0, 0.05) is 41.5 Å². The van der Waals surface area contributed by atoms with Crippen molar-refractivity contribution in [2.45, 2.75) is 90.7 Å². The molecule has 2 fully saturated rings. The van der Waals surface area contributed by atoms with Crippen molar-refractivity contribution < 1.29 is 76.1 Å². The molecule has 16 nitrogen and oxygen atoms in total. The summed E-state index contributed by atoms with van der Waals surface area (Å²) in [4.78, 5) is 72.0. The van der Waals surface area contributed by atoms with Gasteiger partial charge >= 0.3 is 35.8 Å². The maximum absolute atomic E-state index is 12.2. The zero-order valence-corrected chi connectivity index (χ0v) is 27.0. The van der Waals surface area contributed by atoms with Crippen LogP contribution in [-0.2, 0) is 66.7 Å². The van der Waals surface area contributed by atoms with E-state index in [1.807, 2.05) is 0 Å². The number of hydrogen-bond donors (Lipinski definition) is 0. The standard InChI is InChI=1S/C32H36O16/c1-15(33)41-25-13-39-31(29(45-19(5)37)27(25)43-17(3)35)47-23-11-21-9-7-8-10-22(21)12-24(23)48-32-30(46-20(6)38)28(44-18(4)36)26(14-40-32)42-16(2)34/h7-12,25-32H,13-14H2,1-6H3/t25-,26-,27+,28+,29-,30-,31+,32+/m1/s1. The van der Waals surface area contributed by atoms with Gasteiger partial charge in [-0.15, -0.1) is 0 Å². The molecule has 2 heterocycles. The predicted octanol–water partition coefficient (Wildman–Crippen LogP) is 1.90. The van der Waals surface area contributed by atoms with Crippen LogP contribution in [-0.4, -0.2) is 98.2 Å². The highest BCUT2D eigenvalue weighted by atomic mass is 16.7. The Hall–Kier alpha value is -4.96. The summed E-state index contributed by atoms with van der Waals surface area (Å²) in [5.41, 5.74) is 0. The summed E-state index contributed by atoms with van der Waals surface area (Å²) >= 11 is 0. The average Bonchev–Trinajstić information content (AvgIpc) is 2.97. The largest absolute Gasteiger partial charge is 0.457 e. The third-order valence-electron chi connectivity index (χ3n) is 6.91. The molecular formula is C32H36O16. The molecule has 2 aromatic carbocycles. The van der Waals surface area contributed by atoms with Crippen molar-refractivity contribution in [1.82, 2.24) is 0 Å².